The molecule has 0 heterocycles. The first kappa shape index (κ1) is 35.9. The van der Waals surface area contributed by atoms with Crippen molar-refractivity contribution in [2.75, 3.05) is 24.4 Å². The molecule has 0 spiro atoms. The number of carboxylic acid groups (broad SMARTS) is 1. The van der Waals surface area contributed by atoms with Gasteiger partial charge in [0.25, 0.3) is 0 Å². The standard InChI is InChI=1S/C26H30N4O5S2.C2HF3O2/c1-4-30(37(3,34)35)23(17-18-8-7-9-20(16-18)25(27)28)26(31)29-21-14-12-19(13-15-21)22-10-5-6-11-24(22)36(2,32)33;3-2(4,5)1(6)7/h5-16,23H,4,17H2,1-3H3,(H3,27,28)(H,29,31);(H,6,7)/t23-;/m0./s1. The van der Waals surface area contributed by atoms with Crippen LogP contribution in [-0.2, 0) is 35.9 Å². The molecule has 0 bridgehead atoms. The number of carbonyl (C=O) groups is 2. The van der Waals surface area contributed by atoms with Gasteiger partial charge in [0.2, 0.25) is 15.9 Å². The largest absolute Gasteiger partial charge is 0.490 e. The van der Waals surface area contributed by atoms with Crippen LogP contribution in [0.1, 0.15) is 18.1 Å². The van der Waals surface area contributed by atoms with Crippen LogP contribution in [0, 0.1) is 5.41 Å². The SMILES string of the molecule is CCN([C@@H](Cc1cccc(C(=N)N)c1)C(=O)Nc1ccc(-c2ccccc2S(C)(=O)=O)cc1)S(C)(=O)=O.O=C(O)C(F)(F)F. The van der Waals surface area contributed by atoms with Crippen molar-refractivity contribution in [3.63, 3.8) is 0 Å². The van der Waals surface area contributed by atoms with Gasteiger partial charge in [0.05, 0.1) is 11.2 Å². The van der Waals surface area contributed by atoms with E-state index in [-0.39, 0.29) is 23.7 Å². The third kappa shape index (κ3) is 10.2. The second kappa shape index (κ2) is 14.5. The van der Waals surface area contributed by atoms with Gasteiger partial charge in [0.1, 0.15) is 11.9 Å². The monoisotopic (exact) mass is 656 g/mol. The molecule has 0 unspecified atom stereocenters. The number of nitrogens with two attached hydrogens (primary N) is 1. The van der Waals surface area contributed by atoms with Gasteiger partial charge in [-0.2, -0.15) is 17.5 Å². The average Bonchev–Trinajstić information content (AvgIpc) is 2.92. The minimum atomic E-state index is -5.08. The number of aliphatic carboxylic acids is 1. The maximum Gasteiger partial charge on any atom is 0.490 e. The molecule has 44 heavy (non-hydrogen) atoms. The number of anilines is 1. The average molecular weight is 657 g/mol. The molecule has 3 aromatic rings. The number of sulfone groups is 1. The molecule has 5 N–H and O–H groups in total. The van der Waals surface area contributed by atoms with Crippen LogP contribution >= 0.6 is 0 Å². The number of amides is 1. The summed E-state index contributed by atoms with van der Waals surface area (Å²) in [7, 11) is -7.15. The normalized spacial score (nSPS) is 12.5. The Bertz CT molecular complexity index is 1730. The van der Waals surface area contributed by atoms with Crippen LogP contribution in [0.5, 0.6) is 0 Å². The van der Waals surface area contributed by atoms with Crippen molar-refractivity contribution in [3.05, 3.63) is 83.9 Å². The molecule has 0 radical (unpaired) electrons. The number of likely N-dealkylation sites (N-methyl/N-ethyl adjacent to an activating group) is 1. The number of carboxylic acids is 1. The Labute approximate surface area is 253 Å². The Balaban J connectivity index is 0.000000860. The van der Waals surface area contributed by atoms with Gasteiger partial charge in [-0.05, 0) is 41.8 Å². The minimum Gasteiger partial charge on any atom is -0.475 e. The fourth-order valence-electron chi connectivity index (χ4n) is 4.09. The summed E-state index contributed by atoms with van der Waals surface area (Å²) < 4.78 is 82.2. The molecule has 0 aliphatic heterocycles. The number of nitrogen functional groups attached to an aromatic ring is 1. The Hall–Kier alpha value is -4.28. The lowest BCUT2D eigenvalue weighted by Gasteiger charge is -2.28. The Morgan fingerprint density at radius 3 is 2.02 bits per heavy atom. The van der Waals surface area contributed by atoms with Crippen LogP contribution in [0.15, 0.2) is 77.7 Å². The number of rotatable bonds is 10. The molecule has 16 heteroatoms. The Kier molecular flexibility index (Phi) is 11.8. The molecule has 0 fully saturated rings. The maximum atomic E-state index is 13.4. The molecule has 3 aromatic carbocycles. The second-order valence-corrected chi connectivity index (χ2v) is 13.4. The van der Waals surface area contributed by atoms with Gasteiger partial charge in [-0.25, -0.2) is 21.6 Å². The van der Waals surface area contributed by atoms with Crippen molar-refractivity contribution in [2.45, 2.75) is 30.5 Å². The van der Waals surface area contributed by atoms with Crippen LogP contribution in [-0.4, -0.2) is 75.2 Å². The Morgan fingerprint density at radius 2 is 1.55 bits per heavy atom. The highest BCUT2D eigenvalue weighted by Crippen LogP contribution is 2.28. The van der Waals surface area contributed by atoms with Crippen LogP contribution in [0.25, 0.3) is 11.1 Å². The van der Waals surface area contributed by atoms with Gasteiger partial charge < -0.3 is 16.2 Å². The van der Waals surface area contributed by atoms with Crippen LogP contribution in [0.2, 0.25) is 0 Å². The molecule has 0 saturated heterocycles. The number of nitrogens with zero attached hydrogens (tertiary/aromatic N) is 1. The predicted molar refractivity (Wildman–Crippen MR) is 159 cm³/mol. The topological polar surface area (TPSA) is 188 Å². The molecule has 238 valence electrons. The summed E-state index contributed by atoms with van der Waals surface area (Å²) in [6, 6.07) is 19.0. The lowest BCUT2D eigenvalue weighted by Crippen LogP contribution is -2.48. The minimum absolute atomic E-state index is 0.0771. The fourth-order valence-corrected chi connectivity index (χ4v) is 6.10. The van der Waals surface area contributed by atoms with Gasteiger partial charge >= 0.3 is 12.1 Å². The van der Waals surface area contributed by atoms with E-state index in [4.69, 9.17) is 21.0 Å². The summed E-state index contributed by atoms with van der Waals surface area (Å²) in [6.45, 7) is 1.74. The summed E-state index contributed by atoms with van der Waals surface area (Å²) in [6.07, 6.45) is -2.81. The van der Waals surface area contributed by atoms with Gasteiger partial charge in [-0.15, -0.1) is 0 Å². The highest BCUT2D eigenvalue weighted by molar-refractivity contribution is 7.90. The number of alkyl halides is 3. The van der Waals surface area contributed by atoms with Crippen LogP contribution in [0.3, 0.4) is 0 Å². The van der Waals surface area contributed by atoms with Crippen molar-refractivity contribution in [1.29, 1.82) is 5.41 Å². The molecule has 0 saturated carbocycles. The van der Waals surface area contributed by atoms with Crippen molar-refractivity contribution < 1.29 is 44.7 Å². The lowest BCUT2D eigenvalue weighted by atomic mass is 10.0. The van der Waals surface area contributed by atoms with Gasteiger partial charge in [0.15, 0.2) is 9.84 Å². The molecular weight excluding hydrogens is 625 g/mol. The van der Waals surface area contributed by atoms with Gasteiger partial charge in [-0.1, -0.05) is 55.5 Å². The van der Waals surface area contributed by atoms with E-state index in [1.807, 2.05) is 0 Å². The zero-order valence-electron chi connectivity index (χ0n) is 23.8. The van der Waals surface area contributed by atoms with E-state index in [1.54, 1.807) is 73.7 Å². The van der Waals surface area contributed by atoms with Gasteiger partial charge in [0, 0.05) is 29.6 Å². The summed E-state index contributed by atoms with van der Waals surface area (Å²) >= 11 is 0. The summed E-state index contributed by atoms with van der Waals surface area (Å²) in [4.78, 5) is 22.5. The number of benzene rings is 3. The molecule has 3 rings (SSSR count). The van der Waals surface area contributed by atoms with Crippen molar-refractivity contribution in [3.8, 4) is 11.1 Å². The lowest BCUT2D eigenvalue weighted by molar-refractivity contribution is -0.192. The number of halogens is 3. The molecule has 0 aliphatic carbocycles. The van der Waals surface area contributed by atoms with E-state index in [2.05, 4.69) is 5.32 Å². The van der Waals surface area contributed by atoms with E-state index < -0.39 is 44.0 Å². The highest BCUT2D eigenvalue weighted by atomic mass is 32.2. The number of hydrogen-bond acceptors (Lipinski definition) is 7. The van der Waals surface area contributed by atoms with Crippen molar-refractivity contribution >= 4 is 43.3 Å². The molecule has 0 aromatic heterocycles. The number of nitrogens with one attached hydrogen (secondary N) is 2. The first-order valence-electron chi connectivity index (χ1n) is 12.7. The van der Waals surface area contributed by atoms with E-state index in [9.17, 15) is 34.8 Å². The summed E-state index contributed by atoms with van der Waals surface area (Å²) in [5.41, 5.74) is 8.34. The summed E-state index contributed by atoms with van der Waals surface area (Å²) in [5.74, 6) is -3.41. The van der Waals surface area contributed by atoms with E-state index in [0.717, 1.165) is 16.8 Å². The third-order valence-corrected chi connectivity index (χ3v) is 8.57. The zero-order chi connectivity index (χ0) is 33.5. The predicted octanol–water partition coefficient (Wildman–Crippen LogP) is 3.51. The van der Waals surface area contributed by atoms with Crippen LogP contribution < -0.4 is 11.1 Å². The second-order valence-electron chi connectivity index (χ2n) is 9.44. The van der Waals surface area contributed by atoms with Crippen LogP contribution in [0.4, 0.5) is 18.9 Å². The summed E-state index contributed by atoms with van der Waals surface area (Å²) in [5, 5.41) is 17.6. The third-order valence-electron chi connectivity index (χ3n) is 6.05. The smallest absolute Gasteiger partial charge is 0.475 e. The van der Waals surface area contributed by atoms with Crippen molar-refractivity contribution in [1.82, 2.24) is 4.31 Å². The maximum absolute atomic E-state index is 13.4. The molecular formula is C28H31F3N4O7S2. The molecule has 0 aliphatic rings. The zero-order valence-corrected chi connectivity index (χ0v) is 25.4. The first-order valence-corrected chi connectivity index (χ1v) is 16.4. The van der Waals surface area contributed by atoms with E-state index in [1.165, 1.54) is 6.07 Å². The molecule has 11 nitrogen and oxygen atoms in total. The first-order chi connectivity index (χ1) is 20.3. The van der Waals surface area contributed by atoms with Gasteiger partial charge in [-0.3, -0.25) is 10.2 Å². The van der Waals surface area contributed by atoms with E-state index >= 15 is 0 Å². The van der Waals surface area contributed by atoms with E-state index in [0.29, 0.717) is 27.9 Å². The molecule has 1 amide bonds. The molecule has 1 atom stereocenters. The number of hydrogen-bond donors (Lipinski definition) is 4. The quantitative estimate of drug-likeness (QED) is 0.188. The van der Waals surface area contributed by atoms with Crippen molar-refractivity contribution in [2.24, 2.45) is 5.73 Å². The number of amidine groups is 1. The Morgan fingerprint density at radius 1 is 0.977 bits per heavy atom. The fraction of sp³-hybridized carbons (Fsp3) is 0.250. The number of carbonyl (C=O) groups excluding carboxylic acids is 1. The number of sulfonamides is 1. The highest BCUT2D eigenvalue weighted by Gasteiger charge is 2.38.